The fourth-order valence-corrected chi connectivity index (χ4v) is 3.96. The standard InChI is InChI=1S/C18H31N5O4.2C4H10/c1-13(3-5-19-2)8-21-9-15-22(10-16(21)24)17(25)11-23(15)18(26)27-12-14-4-6-20-7-14;1-4(2)3;1-3-4-2/h13-15,19-20H,3-12H2,1-2H3;4H,1-3H3;3-4H2,1-2H3. The van der Waals surface area contributed by atoms with Gasteiger partial charge in [-0.2, -0.15) is 0 Å². The summed E-state index contributed by atoms with van der Waals surface area (Å²) in [6.07, 6.45) is 3.73. The first-order valence-electron chi connectivity index (χ1n) is 13.5. The second-order valence-corrected chi connectivity index (χ2v) is 10.6. The maximum absolute atomic E-state index is 12.5. The Morgan fingerprint density at radius 1 is 1.11 bits per heavy atom. The topological polar surface area (TPSA) is 94.2 Å². The maximum atomic E-state index is 12.5. The van der Waals surface area contributed by atoms with Gasteiger partial charge in [0.05, 0.1) is 13.2 Å². The molecule has 9 heteroatoms. The first-order chi connectivity index (χ1) is 16.6. The molecule has 3 aliphatic heterocycles. The van der Waals surface area contributed by atoms with E-state index in [9.17, 15) is 14.4 Å². The number of rotatable bonds is 8. The quantitative estimate of drug-likeness (QED) is 0.536. The van der Waals surface area contributed by atoms with Crippen molar-refractivity contribution in [3.63, 3.8) is 0 Å². The van der Waals surface area contributed by atoms with Crippen LogP contribution >= 0.6 is 0 Å². The summed E-state index contributed by atoms with van der Waals surface area (Å²) in [5.41, 5.74) is 0. The normalized spacial score (nSPS) is 22.3. The number of nitrogens with one attached hydrogen (secondary N) is 2. The molecule has 3 aliphatic rings. The van der Waals surface area contributed by atoms with Crippen molar-refractivity contribution in [3.05, 3.63) is 0 Å². The Balaban J connectivity index is 0.000000668. The van der Waals surface area contributed by atoms with E-state index in [0.717, 1.165) is 38.4 Å². The molecule has 35 heavy (non-hydrogen) atoms. The van der Waals surface area contributed by atoms with Crippen molar-refractivity contribution >= 4 is 17.9 Å². The zero-order valence-electron chi connectivity index (χ0n) is 23.3. The minimum absolute atomic E-state index is 0.0111. The zero-order chi connectivity index (χ0) is 26.4. The summed E-state index contributed by atoms with van der Waals surface area (Å²) in [5.74, 6) is 1.28. The molecule has 0 aliphatic carbocycles. The van der Waals surface area contributed by atoms with Gasteiger partial charge >= 0.3 is 6.09 Å². The number of fused-ring (bicyclic) bond motifs is 1. The van der Waals surface area contributed by atoms with Crippen LogP contribution in [0, 0.1) is 17.8 Å². The van der Waals surface area contributed by atoms with E-state index in [2.05, 4.69) is 52.2 Å². The number of ether oxygens (including phenoxy) is 1. The van der Waals surface area contributed by atoms with E-state index in [1.54, 1.807) is 4.90 Å². The van der Waals surface area contributed by atoms with Gasteiger partial charge in [-0.3, -0.25) is 14.5 Å². The molecule has 0 aromatic rings. The SMILES string of the molecule is CC(C)C.CCCC.CNCCC(C)CN1CC2N(CC1=O)C(=O)CN2C(=O)OCC1CCNC1. The molecule has 0 aromatic carbocycles. The Morgan fingerprint density at radius 2 is 1.77 bits per heavy atom. The van der Waals surface area contributed by atoms with Gasteiger partial charge in [-0.15, -0.1) is 0 Å². The fraction of sp³-hybridized carbons (Fsp3) is 0.885. The summed E-state index contributed by atoms with van der Waals surface area (Å²) in [7, 11) is 1.91. The number of hydrogen-bond donors (Lipinski definition) is 2. The first kappa shape index (κ1) is 31.2. The molecule has 9 nitrogen and oxygen atoms in total. The van der Waals surface area contributed by atoms with Crippen molar-refractivity contribution in [1.82, 2.24) is 25.3 Å². The third kappa shape index (κ3) is 11.2. The van der Waals surface area contributed by atoms with Gasteiger partial charge in [0.2, 0.25) is 11.8 Å². The lowest BCUT2D eigenvalue weighted by molar-refractivity contribution is -0.146. The molecule has 0 aromatic heterocycles. The molecular weight excluding hydrogens is 446 g/mol. The van der Waals surface area contributed by atoms with Crippen LogP contribution in [0.2, 0.25) is 0 Å². The zero-order valence-corrected chi connectivity index (χ0v) is 23.3. The van der Waals surface area contributed by atoms with E-state index >= 15 is 0 Å². The van der Waals surface area contributed by atoms with Gasteiger partial charge in [0.15, 0.2) is 0 Å². The number of amides is 3. The van der Waals surface area contributed by atoms with Crippen LogP contribution in [0.25, 0.3) is 0 Å². The molecule has 3 atom stereocenters. The molecule has 3 saturated heterocycles. The molecule has 3 rings (SSSR count). The van der Waals surface area contributed by atoms with E-state index < -0.39 is 12.3 Å². The molecule has 0 radical (unpaired) electrons. The van der Waals surface area contributed by atoms with Gasteiger partial charge in [0.25, 0.3) is 0 Å². The molecule has 3 fully saturated rings. The summed E-state index contributed by atoms with van der Waals surface area (Å²) in [4.78, 5) is 42.0. The second-order valence-electron chi connectivity index (χ2n) is 10.6. The number of carbonyl (C=O) groups is 3. The van der Waals surface area contributed by atoms with Crippen molar-refractivity contribution in [2.75, 3.05) is 59.5 Å². The van der Waals surface area contributed by atoms with Crippen LogP contribution in [-0.4, -0.2) is 98.2 Å². The summed E-state index contributed by atoms with van der Waals surface area (Å²) in [5, 5.41) is 6.36. The van der Waals surface area contributed by atoms with Gasteiger partial charge in [-0.05, 0) is 44.8 Å². The second kappa shape index (κ2) is 16.7. The van der Waals surface area contributed by atoms with Crippen molar-refractivity contribution in [1.29, 1.82) is 0 Å². The molecule has 3 unspecified atom stereocenters. The Kier molecular flexibility index (Phi) is 14.9. The number of carbonyl (C=O) groups excluding carboxylic acids is 3. The molecule has 204 valence electrons. The summed E-state index contributed by atoms with van der Waals surface area (Å²) >= 11 is 0. The van der Waals surface area contributed by atoms with Crippen LogP contribution in [0.15, 0.2) is 0 Å². The average Bonchev–Trinajstić information content (AvgIpc) is 3.44. The number of piperazine rings is 1. The highest BCUT2D eigenvalue weighted by Gasteiger charge is 2.46. The van der Waals surface area contributed by atoms with Crippen LogP contribution in [0.4, 0.5) is 4.79 Å². The highest BCUT2D eigenvalue weighted by molar-refractivity contribution is 5.91. The molecule has 0 saturated carbocycles. The van der Waals surface area contributed by atoms with Crippen molar-refractivity contribution in [2.24, 2.45) is 17.8 Å². The Morgan fingerprint density at radius 3 is 2.31 bits per heavy atom. The fourth-order valence-electron chi connectivity index (χ4n) is 3.96. The lowest BCUT2D eigenvalue weighted by atomic mass is 10.1. The Hall–Kier alpha value is -1.87. The van der Waals surface area contributed by atoms with Crippen molar-refractivity contribution in [2.45, 2.75) is 73.4 Å². The van der Waals surface area contributed by atoms with Crippen LogP contribution < -0.4 is 10.6 Å². The molecule has 3 amide bonds. The molecule has 3 heterocycles. The number of hydrogen-bond acceptors (Lipinski definition) is 6. The minimum atomic E-state index is -0.458. The van der Waals surface area contributed by atoms with E-state index in [0.29, 0.717) is 31.5 Å². The Bertz CT molecular complexity index is 634. The third-order valence-corrected chi connectivity index (χ3v) is 6.15. The highest BCUT2D eigenvalue weighted by atomic mass is 16.6. The number of nitrogens with zero attached hydrogens (tertiary/aromatic N) is 3. The molecule has 0 spiro atoms. The van der Waals surface area contributed by atoms with E-state index in [-0.39, 0.29) is 24.9 Å². The summed E-state index contributed by atoms with van der Waals surface area (Å²) in [6.45, 7) is 17.1. The Labute approximate surface area is 213 Å². The van der Waals surface area contributed by atoms with Gasteiger partial charge < -0.3 is 25.2 Å². The van der Waals surface area contributed by atoms with Crippen LogP contribution in [0.5, 0.6) is 0 Å². The van der Waals surface area contributed by atoms with Gasteiger partial charge in [-0.25, -0.2) is 4.79 Å². The third-order valence-electron chi connectivity index (χ3n) is 6.15. The lowest BCUT2D eigenvalue weighted by Crippen LogP contribution is -2.59. The first-order valence-corrected chi connectivity index (χ1v) is 13.5. The maximum Gasteiger partial charge on any atom is 0.411 e. The van der Waals surface area contributed by atoms with Gasteiger partial charge in [0.1, 0.15) is 19.3 Å². The molecule has 2 N–H and O–H groups in total. The highest BCUT2D eigenvalue weighted by Crippen LogP contribution is 2.23. The predicted octanol–water partition coefficient (Wildman–Crippen LogP) is 2.76. The van der Waals surface area contributed by atoms with Crippen molar-refractivity contribution in [3.8, 4) is 0 Å². The minimum Gasteiger partial charge on any atom is -0.449 e. The van der Waals surface area contributed by atoms with Gasteiger partial charge in [-0.1, -0.05) is 54.4 Å². The van der Waals surface area contributed by atoms with E-state index in [1.165, 1.54) is 22.6 Å². The monoisotopic (exact) mass is 497 g/mol. The lowest BCUT2D eigenvalue weighted by Gasteiger charge is -2.40. The average molecular weight is 498 g/mol. The van der Waals surface area contributed by atoms with Crippen molar-refractivity contribution < 1.29 is 19.1 Å². The predicted molar refractivity (Wildman–Crippen MR) is 140 cm³/mol. The van der Waals surface area contributed by atoms with Crippen LogP contribution in [-0.2, 0) is 14.3 Å². The smallest absolute Gasteiger partial charge is 0.411 e. The molecular formula is C26H51N5O4. The van der Waals surface area contributed by atoms with Crippen LogP contribution in [0.1, 0.15) is 67.2 Å². The largest absolute Gasteiger partial charge is 0.449 e. The van der Waals surface area contributed by atoms with Gasteiger partial charge in [0, 0.05) is 19.0 Å². The summed E-state index contributed by atoms with van der Waals surface area (Å²) in [6, 6.07) is 0. The van der Waals surface area contributed by atoms with E-state index in [1.807, 2.05) is 7.05 Å². The van der Waals surface area contributed by atoms with Crippen LogP contribution in [0.3, 0.4) is 0 Å². The van der Waals surface area contributed by atoms with E-state index in [4.69, 9.17) is 4.74 Å². The number of unbranched alkanes of at least 4 members (excludes halogenated alkanes) is 1. The molecule has 0 bridgehead atoms. The summed E-state index contributed by atoms with van der Waals surface area (Å²) < 4.78 is 5.46.